The molecule has 1 atom stereocenters. The normalized spacial score (nSPS) is 17.7. The summed E-state index contributed by atoms with van der Waals surface area (Å²) < 4.78 is 34.5. The fraction of sp³-hybridized carbons (Fsp3) is 0.333. The molecule has 30 heavy (non-hydrogen) atoms. The quantitative estimate of drug-likeness (QED) is 0.645. The maximum absolute atomic E-state index is 13.3. The van der Waals surface area contributed by atoms with Crippen molar-refractivity contribution in [2.45, 2.75) is 30.6 Å². The molecular weight excluding hydrogens is 422 g/mol. The molecular formula is C21H23N3O4S2. The maximum atomic E-state index is 13.3. The number of nitrogens with one attached hydrogen (secondary N) is 1. The first-order chi connectivity index (χ1) is 14.4. The second-order valence-electron chi connectivity index (χ2n) is 7.27. The monoisotopic (exact) mass is 445 g/mol. The molecule has 1 saturated heterocycles. The zero-order valence-corrected chi connectivity index (χ0v) is 18.4. The number of amides is 1. The third kappa shape index (κ3) is 4.05. The lowest BCUT2D eigenvalue weighted by Crippen LogP contribution is -2.39. The van der Waals surface area contributed by atoms with Gasteiger partial charge in [-0.2, -0.15) is 4.31 Å². The van der Waals surface area contributed by atoms with Crippen molar-refractivity contribution in [3.8, 4) is 5.75 Å². The number of carbonyl (C=O) groups excluding carboxylic acids is 1. The summed E-state index contributed by atoms with van der Waals surface area (Å²) in [6.45, 7) is 2.22. The summed E-state index contributed by atoms with van der Waals surface area (Å²) in [7, 11) is -2.24. The first kappa shape index (κ1) is 20.8. The molecule has 3 aromatic rings. The molecule has 158 valence electrons. The van der Waals surface area contributed by atoms with Crippen LogP contribution in [0, 0.1) is 0 Å². The van der Waals surface area contributed by atoms with Crippen molar-refractivity contribution in [3.63, 3.8) is 0 Å². The Hall–Kier alpha value is -2.49. The molecule has 0 radical (unpaired) electrons. The number of piperidine rings is 1. The van der Waals surface area contributed by atoms with Crippen LogP contribution in [0.2, 0.25) is 0 Å². The van der Waals surface area contributed by atoms with Crippen molar-refractivity contribution in [1.82, 2.24) is 9.29 Å². The zero-order chi connectivity index (χ0) is 21.3. The molecule has 0 bridgehead atoms. The molecule has 1 amide bonds. The molecule has 2 aromatic carbocycles. The van der Waals surface area contributed by atoms with Gasteiger partial charge in [0.1, 0.15) is 5.75 Å². The van der Waals surface area contributed by atoms with E-state index in [2.05, 4.69) is 5.32 Å². The lowest BCUT2D eigenvalue weighted by Gasteiger charge is -2.31. The van der Waals surface area contributed by atoms with E-state index >= 15 is 0 Å². The van der Waals surface area contributed by atoms with Gasteiger partial charge < -0.3 is 10.1 Å². The van der Waals surface area contributed by atoms with E-state index in [9.17, 15) is 13.2 Å². The maximum Gasteiger partial charge on any atom is 0.243 e. The van der Waals surface area contributed by atoms with Gasteiger partial charge in [-0.3, -0.25) is 4.79 Å². The van der Waals surface area contributed by atoms with E-state index in [0.717, 1.165) is 28.1 Å². The number of para-hydroxylation sites is 1. The SMILES string of the molecule is COc1ccc(S(=O)(=O)N2CCC[C@@H](c3nc4ccccc4s3)C2)cc1NC(C)=O. The Labute approximate surface area is 179 Å². The first-order valence-electron chi connectivity index (χ1n) is 9.70. The molecule has 4 rings (SSSR count). The lowest BCUT2D eigenvalue weighted by atomic mass is 10.0. The van der Waals surface area contributed by atoms with Crippen molar-refractivity contribution >= 4 is 43.2 Å². The molecule has 1 fully saturated rings. The Morgan fingerprint density at radius 1 is 1.27 bits per heavy atom. The highest BCUT2D eigenvalue weighted by Crippen LogP contribution is 2.36. The van der Waals surface area contributed by atoms with Crippen LogP contribution < -0.4 is 10.1 Å². The lowest BCUT2D eigenvalue weighted by molar-refractivity contribution is -0.114. The molecule has 2 heterocycles. The van der Waals surface area contributed by atoms with Crippen LogP contribution in [-0.4, -0.2) is 43.8 Å². The summed E-state index contributed by atoms with van der Waals surface area (Å²) in [6, 6.07) is 12.5. The van der Waals surface area contributed by atoms with Crippen LogP contribution in [0.1, 0.15) is 30.7 Å². The Morgan fingerprint density at radius 3 is 2.80 bits per heavy atom. The van der Waals surface area contributed by atoms with E-state index in [1.165, 1.54) is 30.5 Å². The van der Waals surface area contributed by atoms with Gasteiger partial charge in [0.2, 0.25) is 15.9 Å². The minimum atomic E-state index is -3.71. The van der Waals surface area contributed by atoms with Crippen LogP contribution in [0.15, 0.2) is 47.4 Å². The Kier molecular flexibility index (Phi) is 5.77. The van der Waals surface area contributed by atoms with Crippen molar-refractivity contribution in [2.75, 3.05) is 25.5 Å². The van der Waals surface area contributed by atoms with E-state index in [1.807, 2.05) is 24.3 Å². The van der Waals surface area contributed by atoms with Gasteiger partial charge in [-0.15, -0.1) is 11.3 Å². The zero-order valence-electron chi connectivity index (χ0n) is 16.8. The summed E-state index contributed by atoms with van der Waals surface area (Å²) >= 11 is 1.63. The van der Waals surface area contributed by atoms with Crippen LogP contribution in [0.3, 0.4) is 0 Å². The summed E-state index contributed by atoms with van der Waals surface area (Å²) in [5.41, 5.74) is 1.29. The fourth-order valence-corrected chi connectivity index (χ4v) is 6.35. The van der Waals surface area contributed by atoms with Gasteiger partial charge >= 0.3 is 0 Å². The number of sulfonamides is 1. The standard InChI is InChI=1S/C21H23N3O4S2/c1-14(25)22-18-12-16(9-10-19(18)28-2)30(26,27)24-11-5-6-15(13-24)21-23-17-7-3-4-8-20(17)29-21/h3-4,7-10,12,15H,5-6,11,13H2,1-2H3,(H,22,25)/t15-/m1/s1. The third-order valence-corrected chi connectivity index (χ3v) is 8.22. The summed E-state index contributed by atoms with van der Waals surface area (Å²) in [6.07, 6.45) is 1.68. The van der Waals surface area contributed by atoms with Gasteiger partial charge in [0.15, 0.2) is 0 Å². The molecule has 1 aliphatic heterocycles. The minimum Gasteiger partial charge on any atom is -0.495 e. The fourth-order valence-electron chi connectivity index (χ4n) is 3.71. The molecule has 1 aliphatic rings. The second-order valence-corrected chi connectivity index (χ2v) is 10.3. The average molecular weight is 446 g/mol. The number of hydrogen-bond acceptors (Lipinski definition) is 6. The molecule has 0 spiro atoms. The van der Waals surface area contributed by atoms with E-state index in [1.54, 1.807) is 17.4 Å². The van der Waals surface area contributed by atoms with E-state index in [-0.39, 0.29) is 16.7 Å². The van der Waals surface area contributed by atoms with E-state index < -0.39 is 10.0 Å². The van der Waals surface area contributed by atoms with Gasteiger partial charge in [0.25, 0.3) is 0 Å². The predicted octanol–water partition coefficient (Wildman–Crippen LogP) is 3.83. The second kappa shape index (κ2) is 8.33. The number of hydrogen-bond donors (Lipinski definition) is 1. The van der Waals surface area contributed by atoms with Crippen LogP contribution in [-0.2, 0) is 14.8 Å². The average Bonchev–Trinajstić information content (AvgIpc) is 3.18. The van der Waals surface area contributed by atoms with Crippen molar-refractivity contribution in [3.05, 3.63) is 47.5 Å². The molecule has 0 saturated carbocycles. The Morgan fingerprint density at radius 2 is 2.07 bits per heavy atom. The van der Waals surface area contributed by atoms with Crippen molar-refractivity contribution < 1.29 is 17.9 Å². The summed E-state index contributed by atoms with van der Waals surface area (Å²) in [5.74, 6) is 0.186. The molecule has 0 unspecified atom stereocenters. The van der Waals surface area contributed by atoms with Crippen LogP contribution in [0.4, 0.5) is 5.69 Å². The number of fused-ring (bicyclic) bond motifs is 1. The number of rotatable bonds is 5. The van der Waals surface area contributed by atoms with Crippen LogP contribution in [0.25, 0.3) is 10.2 Å². The van der Waals surface area contributed by atoms with Crippen molar-refractivity contribution in [2.24, 2.45) is 0 Å². The molecule has 1 aromatic heterocycles. The molecule has 9 heteroatoms. The van der Waals surface area contributed by atoms with E-state index in [0.29, 0.717) is 24.5 Å². The van der Waals surface area contributed by atoms with Gasteiger partial charge in [-0.25, -0.2) is 13.4 Å². The number of benzene rings is 2. The Bertz CT molecular complexity index is 1160. The van der Waals surface area contributed by atoms with Crippen LogP contribution >= 0.6 is 11.3 Å². The topological polar surface area (TPSA) is 88.6 Å². The number of thiazole rings is 1. The number of anilines is 1. The molecule has 7 nitrogen and oxygen atoms in total. The summed E-state index contributed by atoms with van der Waals surface area (Å²) in [5, 5.41) is 3.61. The molecule has 1 N–H and O–H groups in total. The highest BCUT2D eigenvalue weighted by molar-refractivity contribution is 7.89. The number of ether oxygens (including phenoxy) is 1. The van der Waals surface area contributed by atoms with Gasteiger partial charge in [-0.1, -0.05) is 12.1 Å². The van der Waals surface area contributed by atoms with Crippen molar-refractivity contribution in [1.29, 1.82) is 0 Å². The number of carbonyl (C=O) groups is 1. The Balaban J connectivity index is 1.61. The first-order valence-corrected chi connectivity index (χ1v) is 12.0. The number of aromatic nitrogens is 1. The van der Waals surface area contributed by atoms with Crippen LogP contribution in [0.5, 0.6) is 5.75 Å². The predicted molar refractivity (Wildman–Crippen MR) is 118 cm³/mol. The third-order valence-electron chi connectivity index (χ3n) is 5.16. The number of nitrogens with zero attached hydrogens (tertiary/aromatic N) is 2. The van der Waals surface area contributed by atoms with Gasteiger partial charge in [0, 0.05) is 25.9 Å². The highest BCUT2D eigenvalue weighted by atomic mass is 32.2. The number of methoxy groups -OCH3 is 1. The van der Waals surface area contributed by atoms with Gasteiger partial charge in [0.05, 0.1) is 32.9 Å². The summed E-state index contributed by atoms with van der Waals surface area (Å²) in [4.78, 5) is 16.3. The highest BCUT2D eigenvalue weighted by Gasteiger charge is 2.32. The largest absolute Gasteiger partial charge is 0.495 e. The smallest absolute Gasteiger partial charge is 0.243 e. The van der Waals surface area contributed by atoms with Gasteiger partial charge in [-0.05, 0) is 43.2 Å². The molecule has 0 aliphatic carbocycles. The minimum absolute atomic E-state index is 0.0685. The van der Waals surface area contributed by atoms with E-state index in [4.69, 9.17) is 9.72 Å².